The first-order valence-corrected chi connectivity index (χ1v) is 2.94. The van der Waals surface area contributed by atoms with E-state index in [0.717, 1.165) is 6.08 Å². The van der Waals surface area contributed by atoms with Crippen molar-refractivity contribution in [2.45, 2.75) is 6.10 Å². The highest BCUT2D eigenvalue weighted by Gasteiger charge is 2.27. The van der Waals surface area contributed by atoms with Gasteiger partial charge in [0.2, 0.25) is 0 Å². The van der Waals surface area contributed by atoms with E-state index >= 15 is 0 Å². The molecule has 0 aliphatic carbocycles. The third-order valence-electron chi connectivity index (χ3n) is 1.17. The number of nitrogens with zero attached hydrogens (tertiary/aromatic N) is 1. The first kappa shape index (κ1) is 8.47. The molecule has 7 nitrogen and oxygen atoms in total. The molecule has 0 aromatic heterocycles. The Hall–Kier alpha value is -1.63. The molecule has 1 aliphatic heterocycles. The van der Waals surface area contributed by atoms with E-state index in [0.29, 0.717) is 0 Å². The highest BCUT2D eigenvalue weighted by atomic mass is 16.7. The number of hydrogen-bond acceptors (Lipinski definition) is 5. The molecule has 7 heteroatoms. The fourth-order valence-corrected chi connectivity index (χ4v) is 0.650. The Morgan fingerprint density at radius 3 is 3.00 bits per heavy atom. The maximum Gasteiger partial charge on any atom is 0.429 e. The lowest BCUT2D eigenvalue weighted by Crippen LogP contribution is -2.28. The monoisotopic (exact) mass is 175 g/mol. The van der Waals surface area contributed by atoms with Crippen LogP contribution in [0.5, 0.6) is 0 Å². The predicted octanol–water partition coefficient (Wildman–Crippen LogP) is -0.438. The lowest BCUT2D eigenvalue weighted by molar-refractivity contribution is -0.472. The van der Waals surface area contributed by atoms with Crippen LogP contribution in [0.15, 0.2) is 12.0 Å². The first-order chi connectivity index (χ1) is 5.61. The molecular weight excluding hydrogens is 170 g/mol. The summed E-state index contributed by atoms with van der Waals surface area (Å²) in [6, 6.07) is 0. The van der Waals surface area contributed by atoms with Crippen molar-refractivity contribution in [3.05, 3.63) is 22.1 Å². The van der Waals surface area contributed by atoms with E-state index in [9.17, 15) is 14.9 Å². The van der Waals surface area contributed by atoms with Crippen LogP contribution in [0.3, 0.4) is 0 Å². The van der Waals surface area contributed by atoms with Gasteiger partial charge >= 0.3 is 11.9 Å². The second kappa shape index (κ2) is 3.18. The third-order valence-corrected chi connectivity index (χ3v) is 1.17. The largest absolute Gasteiger partial charge is 0.479 e. The Balaban J connectivity index is 2.76. The quantitative estimate of drug-likeness (QED) is 0.451. The van der Waals surface area contributed by atoms with Gasteiger partial charge in [-0.1, -0.05) is 0 Å². The minimum absolute atomic E-state index is 0.413. The smallest absolute Gasteiger partial charge is 0.429 e. The molecule has 0 radical (unpaired) electrons. The zero-order valence-corrected chi connectivity index (χ0v) is 5.80. The number of carboxylic acid groups (broad SMARTS) is 1. The van der Waals surface area contributed by atoms with E-state index in [-0.39, 0.29) is 0 Å². The summed E-state index contributed by atoms with van der Waals surface area (Å²) >= 11 is 0. The molecule has 0 bridgehead atoms. The molecule has 1 unspecified atom stereocenters. The zero-order valence-electron chi connectivity index (χ0n) is 5.80. The summed E-state index contributed by atoms with van der Waals surface area (Å²) in [5, 5.41) is 18.5. The van der Waals surface area contributed by atoms with Crippen molar-refractivity contribution in [1.82, 2.24) is 0 Å². The van der Waals surface area contributed by atoms with Gasteiger partial charge in [0.05, 0.1) is 6.08 Å². The van der Waals surface area contributed by atoms with Crippen LogP contribution in [-0.2, 0) is 14.3 Å². The molecule has 0 fully saturated rings. The van der Waals surface area contributed by atoms with Crippen molar-refractivity contribution < 1.29 is 24.3 Å². The average molecular weight is 175 g/mol. The van der Waals surface area contributed by atoms with Gasteiger partial charge in [-0.25, -0.2) is 4.79 Å². The summed E-state index contributed by atoms with van der Waals surface area (Å²) in [5.41, 5.74) is 0. The van der Waals surface area contributed by atoms with Crippen molar-refractivity contribution in [3.63, 3.8) is 0 Å². The summed E-state index contributed by atoms with van der Waals surface area (Å²) in [6.45, 7) is -0.413. The molecule has 12 heavy (non-hydrogen) atoms. The Kier molecular flexibility index (Phi) is 2.24. The molecule has 0 aromatic carbocycles. The summed E-state index contributed by atoms with van der Waals surface area (Å²) in [4.78, 5) is 19.6. The van der Waals surface area contributed by atoms with Gasteiger partial charge in [0.25, 0.3) is 0 Å². The second-order valence-electron chi connectivity index (χ2n) is 1.95. The number of ether oxygens (including phenoxy) is 2. The van der Waals surface area contributed by atoms with Gasteiger partial charge in [0.1, 0.15) is 4.92 Å². The zero-order chi connectivity index (χ0) is 9.14. The summed E-state index contributed by atoms with van der Waals surface area (Å²) in [6.07, 6.45) is -0.495. The maximum atomic E-state index is 10.3. The molecule has 0 saturated heterocycles. The van der Waals surface area contributed by atoms with Gasteiger partial charge in [-0.3, -0.25) is 10.1 Å². The number of carbonyl (C=O) groups is 1. The molecule has 66 valence electrons. The highest BCUT2D eigenvalue weighted by Crippen LogP contribution is 2.10. The number of rotatable bonds is 2. The Bertz CT molecular complexity index is 246. The molecule has 1 aliphatic rings. The lowest BCUT2D eigenvalue weighted by atomic mass is 10.3. The fourth-order valence-electron chi connectivity index (χ4n) is 0.650. The minimum atomic E-state index is -1.29. The maximum absolute atomic E-state index is 10.3. The average Bonchev–Trinajstić information content (AvgIpc) is 2.04. The molecule has 0 aromatic rings. The van der Waals surface area contributed by atoms with E-state index in [1.807, 2.05) is 0 Å². The fraction of sp³-hybridized carbons (Fsp3) is 0.400. The van der Waals surface area contributed by atoms with Crippen LogP contribution >= 0.6 is 0 Å². The minimum Gasteiger partial charge on any atom is -0.479 e. The molecule has 1 heterocycles. The van der Waals surface area contributed by atoms with Crippen LogP contribution in [0.2, 0.25) is 0 Å². The van der Waals surface area contributed by atoms with E-state index in [4.69, 9.17) is 5.11 Å². The number of hydrogen-bond donors (Lipinski definition) is 1. The Morgan fingerprint density at radius 1 is 1.83 bits per heavy atom. The van der Waals surface area contributed by atoms with Crippen LogP contribution in [0.25, 0.3) is 0 Å². The van der Waals surface area contributed by atoms with Crippen LogP contribution in [-0.4, -0.2) is 28.9 Å². The van der Waals surface area contributed by atoms with Crippen LogP contribution in [0.4, 0.5) is 0 Å². The van der Waals surface area contributed by atoms with Gasteiger partial charge in [-0.2, -0.15) is 0 Å². The van der Waals surface area contributed by atoms with Crippen molar-refractivity contribution in [1.29, 1.82) is 0 Å². The molecule has 0 saturated carbocycles. The van der Waals surface area contributed by atoms with Crippen molar-refractivity contribution in [2.24, 2.45) is 0 Å². The van der Waals surface area contributed by atoms with Crippen molar-refractivity contribution >= 4 is 5.97 Å². The summed E-state index contributed by atoms with van der Waals surface area (Å²) in [5.74, 6) is -1.87. The van der Waals surface area contributed by atoms with Gasteiger partial charge in [-0.15, -0.1) is 0 Å². The number of carboxylic acids is 1. The number of aliphatic carboxylic acids is 1. The van der Waals surface area contributed by atoms with Gasteiger partial charge < -0.3 is 14.6 Å². The molecular formula is C5H5NO6. The molecule has 0 amide bonds. The van der Waals surface area contributed by atoms with Gasteiger partial charge in [0.15, 0.2) is 12.9 Å². The molecule has 1 atom stereocenters. The molecule has 0 spiro atoms. The topological polar surface area (TPSA) is 98.9 Å². The highest BCUT2D eigenvalue weighted by molar-refractivity contribution is 5.74. The summed E-state index contributed by atoms with van der Waals surface area (Å²) < 4.78 is 8.91. The van der Waals surface area contributed by atoms with Crippen molar-refractivity contribution in [2.75, 3.05) is 6.79 Å². The van der Waals surface area contributed by atoms with E-state index < -0.39 is 29.7 Å². The lowest BCUT2D eigenvalue weighted by Gasteiger charge is -2.13. The molecule has 1 rings (SSSR count). The summed E-state index contributed by atoms with van der Waals surface area (Å²) in [7, 11) is 0. The second-order valence-corrected chi connectivity index (χ2v) is 1.95. The van der Waals surface area contributed by atoms with Crippen LogP contribution in [0, 0.1) is 10.1 Å². The van der Waals surface area contributed by atoms with Gasteiger partial charge in [-0.05, 0) is 0 Å². The van der Waals surface area contributed by atoms with Gasteiger partial charge in [0, 0.05) is 0 Å². The number of nitro groups is 1. The van der Waals surface area contributed by atoms with E-state index in [1.54, 1.807) is 0 Å². The Morgan fingerprint density at radius 2 is 2.50 bits per heavy atom. The van der Waals surface area contributed by atoms with E-state index in [2.05, 4.69) is 9.47 Å². The van der Waals surface area contributed by atoms with Crippen LogP contribution < -0.4 is 0 Å². The first-order valence-electron chi connectivity index (χ1n) is 2.94. The molecule has 1 N–H and O–H groups in total. The van der Waals surface area contributed by atoms with Crippen LogP contribution in [0.1, 0.15) is 0 Å². The van der Waals surface area contributed by atoms with E-state index in [1.165, 1.54) is 0 Å². The predicted molar refractivity (Wildman–Crippen MR) is 33.5 cm³/mol. The Labute approximate surface area is 66.3 Å². The van der Waals surface area contributed by atoms with Crippen molar-refractivity contribution in [3.8, 4) is 0 Å². The third kappa shape index (κ3) is 1.70. The standard InChI is InChI=1S/C5H5NO6/c7-5(8)3-1-4(6(9)10)12-2-11-3/h1,3H,2H2,(H,7,8). The normalized spacial score (nSPS) is 22.3. The SMILES string of the molecule is O=C(O)C1C=C([N+](=O)[O-])OCO1.